The van der Waals surface area contributed by atoms with Crippen LogP contribution in [0.1, 0.15) is 43.5 Å². The molecule has 142 valence electrons. The van der Waals surface area contributed by atoms with Crippen LogP contribution >= 0.6 is 0 Å². The van der Waals surface area contributed by atoms with E-state index in [1.807, 2.05) is 43.7 Å². The van der Waals surface area contributed by atoms with Crippen molar-refractivity contribution in [2.45, 2.75) is 39.8 Å². The van der Waals surface area contributed by atoms with Crippen LogP contribution < -0.4 is 10.6 Å². The predicted molar refractivity (Wildman–Crippen MR) is 104 cm³/mol. The van der Waals surface area contributed by atoms with Gasteiger partial charge in [-0.25, -0.2) is 4.99 Å². The summed E-state index contributed by atoms with van der Waals surface area (Å²) in [6.45, 7) is 8.82. The average molecular weight is 358 g/mol. The second-order valence-corrected chi connectivity index (χ2v) is 6.14. The maximum absolute atomic E-state index is 5.39. The number of hydrogen-bond donors (Lipinski definition) is 2. The molecule has 1 heterocycles. The first-order valence-electron chi connectivity index (χ1n) is 9.14. The molecule has 0 saturated carbocycles. The van der Waals surface area contributed by atoms with E-state index >= 15 is 0 Å². The maximum atomic E-state index is 5.39. The van der Waals surface area contributed by atoms with Gasteiger partial charge in [0.15, 0.2) is 11.8 Å². The minimum absolute atomic E-state index is 0.149. The van der Waals surface area contributed by atoms with Gasteiger partial charge in [0.2, 0.25) is 0 Å². The van der Waals surface area contributed by atoms with Gasteiger partial charge < -0.3 is 19.9 Å². The van der Waals surface area contributed by atoms with Crippen LogP contribution in [-0.2, 0) is 18.3 Å². The number of rotatable bonds is 9. The van der Waals surface area contributed by atoms with Crippen LogP contribution in [0.25, 0.3) is 0 Å². The second-order valence-electron chi connectivity index (χ2n) is 6.14. The number of aromatic nitrogens is 3. The molecule has 7 nitrogen and oxygen atoms in total. The third-order valence-electron chi connectivity index (χ3n) is 4.18. The summed E-state index contributed by atoms with van der Waals surface area (Å²) in [6, 6.07) is 10.5. The molecule has 1 aromatic heterocycles. The molecular weight excluding hydrogens is 328 g/mol. The van der Waals surface area contributed by atoms with Crippen molar-refractivity contribution in [2.24, 2.45) is 12.0 Å². The molecule has 2 rings (SSSR count). The van der Waals surface area contributed by atoms with Gasteiger partial charge >= 0.3 is 0 Å². The summed E-state index contributed by atoms with van der Waals surface area (Å²) < 4.78 is 7.35. The molecule has 1 unspecified atom stereocenters. The third kappa shape index (κ3) is 6.15. The quantitative estimate of drug-likeness (QED) is 0.409. The summed E-state index contributed by atoms with van der Waals surface area (Å²) in [4.78, 5) is 4.68. The number of hydrogen-bond acceptors (Lipinski definition) is 4. The predicted octanol–water partition coefficient (Wildman–Crippen LogP) is 2.35. The molecule has 0 bridgehead atoms. The van der Waals surface area contributed by atoms with Crippen molar-refractivity contribution in [1.82, 2.24) is 25.4 Å². The Morgan fingerprint density at radius 1 is 1.27 bits per heavy atom. The highest BCUT2D eigenvalue weighted by Gasteiger charge is 2.09. The molecule has 2 aromatic rings. The summed E-state index contributed by atoms with van der Waals surface area (Å²) >= 11 is 0. The van der Waals surface area contributed by atoms with Gasteiger partial charge in [-0.05, 0) is 32.8 Å². The van der Waals surface area contributed by atoms with Gasteiger partial charge in [-0.15, -0.1) is 10.2 Å². The zero-order chi connectivity index (χ0) is 18.8. The first-order chi connectivity index (χ1) is 12.6. The maximum Gasteiger partial charge on any atom is 0.192 e. The fourth-order valence-corrected chi connectivity index (χ4v) is 2.45. The van der Waals surface area contributed by atoms with Crippen LogP contribution in [0.5, 0.6) is 0 Å². The van der Waals surface area contributed by atoms with Crippen molar-refractivity contribution in [3.05, 3.63) is 47.5 Å². The summed E-state index contributed by atoms with van der Waals surface area (Å²) in [5.41, 5.74) is 1.21. The van der Waals surface area contributed by atoms with Crippen molar-refractivity contribution < 1.29 is 4.74 Å². The highest BCUT2D eigenvalue weighted by Crippen LogP contribution is 2.11. The number of nitrogens with zero attached hydrogens (tertiary/aromatic N) is 4. The summed E-state index contributed by atoms with van der Waals surface area (Å²) in [5, 5.41) is 15.1. The van der Waals surface area contributed by atoms with Crippen molar-refractivity contribution in [1.29, 1.82) is 0 Å². The van der Waals surface area contributed by atoms with E-state index in [-0.39, 0.29) is 6.04 Å². The molecule has 2 N–H and O–H groups in total. The highest BCUT2D eigenvalue weighted by atomic mass is 16.5. The molecule has 0 amide bonds. The van der Waals surface area contributed by atoms with Crippen LogP contribution in [0.3, 0.4) is 0 Å². The zero-order valence-corrected chi connectivity index (χ0v) is 16.2. The number of guanidine groups is 1. The minimum Gasteiger partial charge on any atom is -0.382 e. The molecule has 1 atom stereocenters. The zero-order valence-electron chi connectivity index (χ0n) is 16.2. The Labute approximate surface area is 155 Å². The Hall–Kier alpha value is -2.41. The Bertz CT molecular complexity index is 683. The number of ether oxygens (including phenoxy) is 1. The number of benzene rings is 1. The normalized spacial score (nSPS) is 12.8. The van der Waals surface area contributed by atoms with Crippen molar-refractivity contribution >= 4 is 5.96 Å². The Balaban J connectivity index is 2.00. The lowest BCUT2D eigenvalue weighted by Gasteiger charge is -2.18. The van der Waals surface area contributed by atoms with E-state index in [1.165, 1.54) is 5.56 Å². The van der Waals surface area contributed by atoms with Gasteiger partial charge in [0.05, 0.1) is 6.04 Å². The lowest BCUT2D eigenvalue weighted by Crippen LogP contribution is -2.39. The number of nitrogens with one attached hydrogen (secondary N) is 2. The molecule has 0 aliphatic heterocycles. The molecule has 0 aliphatic rings. The third-order valence-corrected chi connectivity index (χ3v) is 4.18. The topological polar surface area (TPSA) is 76.4 Å². The first kappa shape index (κ1) is 19.9. The monoisotopic (exact) mass is 358 g/mol. The van der Waals surface area contributed by atoms with Gasteiger partial charge in [0.25, 0.3) is 0 Å². The van der Waals surface area contributed by atoms with Crippen molar-refractivity contribution in [2.75, 3.05) is 19.8 Å². The number of aliphatic imine (C=N–C) groups is 1. The smallest absolute Gasteiger partial charge is 0.192 e. The summed E-state index contributed by atoms with van der Waals surface area (Å²) in [5.74, 6) is 2.48. The summed E-state index contributed by atoms with van der Waals surface area (Å²) in [6.07, 6.45) is 0.928. The molecular formula is C19H30N6O. The fourth-order valence-electron chi connectivity index (χ4n) is 2.45. The van der Waals surface area contributed by atoms with Crippen LogP contribution in [0, 0.1) is 6.92 Å². The largest absolute Gasteiger partial charge is 0.382 e. The average Bonchev–Trinajstić information content (AvgIpc) is 2.98. The van der Waals surface area contributed by atoms with Gasteiger partial charge in [-0.1, -0.05) is 30.3 Å². The van der Waals surface area contributed by atoms with E-state index in [2.05, 4.69) is 44.9 Å². The molecule has 0 fully saturated rings. The minimum atomic E-state index is 0.149. The lowest BCUT2D eigenvalue weighted by atomic mass is 10.1. The van der Waals surface area contributed by atoms with Crippen molar-refractivity contribution in [3.8, 4) is 0 Å². The fraction of sp³-hybridized carbons (Fsp3) is 0.526. The SMILES string of the molecule is CCOCCCNC(=NCc1nnc(C)n1C)NC(C)c1ccccc1. The van der Waals surface area contributed by atoms with Gasteiger partial charge in [0, 0.05) is 26.8 Å². The molecule has 26 heavy (non-hydrogen) atoms. The first-order valence-corrected chi connectivity index (χ1v) is 9.14. The van der Waals surface area contributed by atoms with Gasteiger partial charge in [0.1, 0.15) is 12.4 Å². The standard InChI is InChI=1S/C19H30N6O/c1-5-26-13-9-12-20-19(21-14-18-24-23-16(3)25(18)4)22-15(2)17-10-7-6-8-11-17/h6-8,10-11,15H,5,9,12-14H2,1-4H3,(H2,20,21,22). The van der Waals surface area contributed by atoms with E-state index in [0.29, 0.717) is 6.54 Å². The van der Waals surface area contributed by atoms with Gasteiger partial charge in [-0.3, -0.25) is 0 Å². The molecule has 7 heteroatoms. The van der Waals surface area contributed by atoms with Gasteiger partial charge in [-0.2, -0.15) is 0 Å². The Kier molecular flexibility index (Phi) is 8.08. The van der Waals surface area contributed by atoms with Crippen LogP contribution in [-0.4, -0.2) is 40.5 Å². The number of aryl methyl sites for hydroxylation is 1. The molecule has 0 saturated heterocycles. The van der Waals surface area contributed by atoms with Crippen LogP contribution in [0.15, 0.2) is 35.3 Å². The Morgan fingerprint density at radius 2 is 2.04 bits per heavy atom. The molecule has 1 aromatic carbocycles. The molecule has 0 spiro atoms. The molecule has 0 aliphatic carbocycles. The van der Waals surface area contributed by atoms with Crippen molar-refractivity contribution in [3.63, 3.8) is 0 Å². The van der Waals surface area contributed by atoms with E-state index < -0.39 is 0 Å². The van der Waals surface area contributed by atoms with Crippen LogP contribution in [0.2, 0.25) is 0 Å². The van der Waals surface area contributed by atoms with Crippen LogP contribution in [0.4, 0.5) is 0 Å². The Morgan fingerprint density at radius 3 is 2.69 bits per heavy atom. The highest BCUT2D eigenvalue weighted by molar-refractivity contribution is 5.80. The molecule has 0 radical (unpaired) electrons. The summed E-state index contributed by atoms with van der Waals surface area (Å²) in [7, 11) is 1.95. The van der Waals surface area contributed by atoms with E-state index in [0.717, 1.165) is 43.8 Å². The lowest BCUT2D eigenvalue weighted by molar-refractivity contribution is 0.145. The van der Waals surface area contributed by atoms with E-state index in [9.17, 15) is 0 Å². The van der Waals surface area contributed by atoms with E-state index in [1.54, 1.807) is 0 Å². The second kappa shape index (κ2) is 10.6. The van der Waals surface area contributed by atoms with E-state index in [4.69, 9.17) is 4.74 Å².